The summed E-state index contributed by atoms with van der Waals surface area (Å²) in [5.74, 6) is -0.0564. The molecule has 3 heteroatoms. The van der Waals surface area contributed by atoms with Crippen LogP contribution in [0.4, 0.5) is 5.69 Å². The first kappa shape index (κ1) is 15.5. The lowest BCUT2D eigenvalue weighted by Crippen LogP contribution is -2.46. The normalized spacial score (nSPS) is 12.3. The molecule has 0 aliphatic rings. The van der Waals surface area contributed by atoms with Crippen LogP contribution in [0, 0.1) is 12.3 Å². The minimum Gasteiger partial charge on any atom is -0.398 e. The zero-order chi connectivity index (χ0) is 14.8. The van der Waals surface area contributed by atoms with Crippen LogP contribution >= 0.6 is 0 Å². The van der Waals surface area contributed by atoms with Gasteiger partial charge in [-0.2, -0.15) is 0 Å². The number of anilines is 1. The predicted octanol–water partition coefficient (Wildman–Crippen LogP) is 3.52. The van der Waals surface area contributed by atoms with Crippen molar-refractivity contribution in [3.63, 3.8) is 0 Å². The second kappa shape index (κ2) is 5.24. The van der Waals surface area contributed by atoms with Crippen molar-refractivity contribution in [2.45, 2.75) is 53.5 Å². The van der Waals surface area contributed by atoms with Crippen LogP contribution in [0.1, 0.15) is 57.0 Å². The summed E-state index contributed by atoms with van der Waals surface area (Å²) in [6, 6.07) is 5.44. The first-order valence-electron chi connectivity index (χ1n) is 6.69. The van der Waals surface area contributed by atoms with Crippen LogP contribution in [0.5, 0.6) is 0 Å². The zero-order valence-corrected chi connectivity index (χ0v) is 12.9. The molecular weight excluding hydrogens is 236 g/mol. The molecule has 19 heavy (non-hydrogen) atoms. The van der Waals surface area contributed by atoms with E-state index in [2.05, 4.69) is 39.9 Å². The lowest BCUT2D eigenvalue weighted by atomic mass is 9.81. The van der Waals surface area contributed by atoms with Gasteiger partial charge in [-0.25, -0.2) is 0 Å². The average Bonchev–Trinajstić information content (AvgIpc) is 2.17. The second-order valence-corrected chi connectivity index (χ2v) is 7.10. The van der Waals surface area contributed by atoms with Crippen LogP contribution in [-0.2, 0) is 0 Å². The van der Waals surface area contributed by atoms with Crippen molar-refractivity contribution in [2.24, 2.45) is 5.41 Å². The number of rotatable bonds is 3. The summed E-state index contributed by atoms with van der Waals surface area (Å²) < 4.78 is 0. The molecule has 1 aromatic carbocycles. The third-order valence-corrected chi connectivity index (χ3v) is 3.04. The Bertz CT molecular complexity index is 470. The van der Waals surface area contributed by atoms with Gasteiger partial charge < -0.3 is 11.1 Å². The number of hydrogen-bond acceptors (Lipinski definition) is 2. The Morgan fingerprint density at radius 3 is 2.32 bits per heavy atom. The number of nitrogens with two attached hydrogens (primary N) is 1. The largest absolute Gasteiger partial charge is 0.398 e. The topological polar surface area (TPSA) is 55.1 Å². The maximum Gasteiger partial charge on any atom is 0.252 e. The first-order valence-corrected chi connectivity index (χ1v) is 6.69. The Labute approximate surface area is 116 Å². The monoisotopic (exact) mass is 262 g/mol. The maximum absolute atomic E-state index is 12.4. The Morgan fingerprint density at radius 2 is 1.79 bits per heavy atom. The van der Waals surface area contributed by atoms with E-state index in [4.69, 9.17) is 5.73 Å². The van der Waals surface area contributed by atoms with Gasteiger partial charge in [0.2, 0.25) is 0 Å². The smallest absolute Gasteiger partial charge is 0.252 e. The summed E-state index contributed by atoms with van der Waals surface area (Å²) in [5.41, 5.74) is 7.92. The fraction of sp³-hybridized carbons (Fsp3) is 0.562. The number of hydrogen-bond donors (Lipinski definition) is 2. The number of carbonyl (C=O) groups excluding carboxylic acids is 1. The van der Waals surface area contributed by atoms with Crippen molar-refractivity contribution < 1.29 is 4.79 Å². The van der Waals surface area contributed by atoms with Gasteiger partial charge in [-0.3, -0.25) is 4.79 Å². The summed E-state index contributed by atoms with van der Waals surface area (Å²) in [6.07, 6.45) is 0.910. The van der Waals surface area contributed by atoms with Gasteiger partial charge in [0, 0.05) is 16.8 Å². The second-order valence-electron chi connectivity index (χ2n) is 7.10. The van der Waals surface area contributed by atoms with E-state index in [9.17, 15) is 4.79 Å². The lowest BCUT2D eigenvalue weighted by Gasteiger charge is -2.33. The van der Waals surface area contributed by atoms with E-state index in [1.165, 1.54) is 0 Å². The van der Waals surface area contributed by atoms with Crippen molar-refractivity contribution in [1.29, 1.82) is 0 Å². The average molecular weight is 262 g/mol. The van der Waals surface area contributed by atoms with Crippen molar-refractivity contribution in [3.8, 4) is 0 Å². The number of carbonyl (C=O) groups is 1. The standard InChI is InChI=1S/C16H26N2O/c1-11-12(8-7-9-13(11)17)14(19)18-16(5,6)10-15(2,3)4/h7-9H,10,17H2,1-6H3,(H,18,19). The SMILES string of the molecule is Cc1c(N)cccc1C(=O)NC(C)(C)CC(C)(C)C. The minimum absolute atomic E-state index is 0.0564. The van der Waals surface area contributed by atoms with Crippen molar-refractivity contribution >= 4 is 11.6 Å². The number of nitrogen functional groups attached to an aromatic ring is 1. The van der Waals surface area contributed by atoms with Crippen LogP contribution < -0.4 is 11.1 Å². The summed E-state index contributed by atoms with van der Waals surface area (Å²) >= 11 is 0. The summed E-state index contributed by atoms with van der Waals surface area (Å²) in [6.45, 7) is 12.5. The molecule has 1 rings (SSSR count). The molecule has 0 spiro atoms. The van der Waals surface area contributed by atoms with Gasteiger partial charge in [-0.1, -0.05) is 26.8 Å². The van der Waals surface area contributed by atoms with Gasteiger partial charge in [-0.15, -0.1) is 0 Å². The molecule has 0 bridgehead atoms. The molecule has 0 heterocycles. The van der Waals surface area contributed by atoms with Gasteiger partial charge >= 0.3 is 0 Å². The minimum atomic E-state index is -0.244. The number of benzene rings is 1. The highest BCUT2D eigenvalue weighted by Crippen LogP contribution is 2.27. The van der Waals surface area contributed by atoms with E-state index < -0.39 is 0 Å². The predicted molar refractivity (Wildman–Crippen MR) is 81.2 cm³/mol. The van der Waals surface area contributed by atoms with Crippen LogP contribution in [0.3, 0.4) is 0 Å². The van der Waals surface area contributed by atoms with Gasteiger partial charge in [0.1, 0.15) is 0 Å². The highest BCUT2D eigenvalue weighted by atomic mass is 16.1. The summed E-state index contributed by atoms with van der Waals surface area (Å²) in [7, 11) is 0. The molecule has 1 aromatic rings. The van der Waals surface area contributed by atoms with E-state index in [1.54, 1.807) is 0 Å². The molecule has 0 aromatic heterocycles. The molecule has 106 valence electrons. The molecule has 0 unspecified atom stereocenters. The molecule has 1 amide bonds. The van der Waals surface area contributed by atoms with E-state index in [0.717, 1.165) is 12.0 Å². The van der Waals surface area contributed by atoms with E-state index in [0.29, 0.717) is 11.3 Å². The molecule has 3 N–H and O–H groups in total. The Hall–Kier alpha value is -1.51. The maximum atomic E-state index is 12.4. The van der Waals surface area contributed by atoms with Crippen LogP contribution in [0.25, 0.3) is 0 Å². The zero-order valence-electron chi connectivity index (χ0n) is 12.9. The lowest BCUT2D eigenvalue weighted by molar-refractivity contribution is 0.0891. The fourth-order valence-electron chi connectivity index (χ4n) is 2.64. The Morgan fingerprint density at radius 1 is 1.21 bits per heavy atom. The molecule has 0 radical (unpaired) electrons. The van der Waals surface area contributed by atoms with Gasteiger partial charge in [-0.05, 0) is 50.3 Å². The van der Waals surface area contributed by atoms with Crippen LogP contribution in [-0.4, -0.2) is 11.4 Å². The molecule has 0 aliphatic carbocycles. The molecule has 0 saturated carbocycles. The number of amides is 1. The summed E-state index contributed by atoms with van der Waals surface area (Å²) in [4.78, 5) is 12.4. The quantitative estimate of drug-likeness (QED) is 0.819. The van der Waals surface area contributed by atoms with Crippen molar-refractivity contribution in [2.75, 3.05) is 5.73 Å². The van der Waals surface area contributed by atoms with E-state index in [1.807, 2.05) is 25.1 Å². The third-order valence-electron chi connectivity index (χ3n) is 3.04. The van der Waals surface area contributed by atoms with Gasteiger partial charge in [0.05, 0.1) is 0 Å². The number of nitrogens with one attached hydrogen (secondary N) is 1. The molecule has 3 nitrogen and oxygen atoms in total. The van der Waals surface area contributed by atoms with E-state index >= 15 is 0 Å². The van der Waals surface area contributed by atoms with E-state index in [-0.39, 0.29) is 16.9 Å². The molecule has 0 aliphatic heterocycles. The Kier molecular flexibility index (Phi) is 4.28. The fourth-order valence-corrected chi connectivity index (χ4v) is 2.64. The van der Waals surface area contributed by atoms with Crippen LogP contribution in [0.2, 0.25) is 0 Å². The molecule has 0 saturated heterocycles. The summed E-state index contributed by atoms with van der Waals surface area (Å²) in [5, 5.41) is 3.10. The van der Waals surface area contributed by atoms with Crippen LogP contribution in [0.15, 0.2) is 18.2 Å². The van der Waals surface area contributed by atoms with Crippen molar-refractivity contribution in [3.05, 3.63) is 29.3 Å². The highest BCUT2D eigenvalue weighted by Gasteiger charge is 2.27. The van der Waals surface area contributed by atoms with Crippen molar-refractivity contribution in [1.82, 2.24) is 5.32 Å². The molecular formula is C16H26N2O. The molecule has 0 atom stereocenters. The first-order chi connectivity index (χ1) is 8.52. The molecule has 0 fully saturated rings. The third kappa shape index (κ3) is 4.58. The highest BCUT2D eigenvalue weighted by molar-refractivity contribution is 5.97. The van der Waals surface area contributed by atoms with Gasteiger partial charge in [0.15, 0.2) is 0 Å². The Balaban J connectivity index is 2.88. The van der Waals surface area contributed by atoms with Gasteiger partial charge in [0.25, 0.3) is 5.91 Å².